The molecule has 0 atom stereocenters. The molecule has 0 saturated carbocycles. The van der Waals surface area contributed by atoms with Crippen LogP contribution in [0.4, 0.5) is 0 Å². The van der Waals surface area contributed by atoms with Gasteiger partial charge in [0.1, 0.15) is 0 Å². The van der Waals surface area contributed by atoms with E-state index in [0.29, 0.717) is 0 Å². The molecule has 0 unspecified atom stereocenters. The Morgan fingerprint density at radius 2 is 0.615 bits per heavy atom. The summed E-state index contributed by atoms with van der Waals surface area (Å²) in [6.07, 6.45) is 0. The van der Waals surface area contributed by atoms with Crippen molar-refractivity contribution in [3.63, 3.8) is 0 Å². The molecule has 0 heterocycles. The van der Waals surface area contributed by atoms with Crippen molar-refractivity contribution >= 4 is 20.8 Å². The average molecular weight is 341 g/mol. The van der Waals surface area contributed by atoms with E-state index in [9.17, 15) is 0 Å². The van der Waals surface area contributed by atoms with Crippen LogP contribution >= 0.6 is 0 Å². The van der Waals surface area contributed by atoms with E-state index in [2.05, 4.69) is 0 Å². The third-order valence-corrected chi connectivity index (χ3v) is 0. The molecule has 0 spiro atoms. The molecule has 0 aromatic heterocycles. The summed E-state index contributed by atoms with van der Waals surface area (Å²) >= 11 is 0. The van der Waals surface area contributed by atoms with Crippen molar-refractivity contribution in [1.82, 2.24) is 12.3 Å². The second kappa shape index (κ2) is 10.7. The summed E-state index contributed by atoms with van der Waals surface area (Å²) in [5.74, 6) is 0. The predicted octanol–water partition coefficient (Wildman–Crippen LogP) is -1.93. The van der Waals surface area contributed by atoms with Crippen molar-refractivity contribution in [2.24, 2.45) is 0 Å². The predicted molar refractivity (Wildman–Crippen MR) is 32.9 cm³/mol. The van der Waals surface area contributed by atoms with Gasteiger partial charge in [-0.2, -0.15) is 0 Å². The van der Waals surface area contributed by atoms with Gasteiger partial charge in [0.05, 0.1) is 0 Å². The maximum absolute atomic E-state index is 8.52. The molecule has 0 rings (SSSR count). The number of hydrogen-bond acceptors (Lipinski definition) is 8. The van der Waals surface area contributed by atoms with Gasteiger partial charge >= 0.3 is 27.3 Å². The van der Waals surface area contributed by atoms with Crippen molar-refractivity contribution in [1.29, 1.82) is 0 Å². The minimum Gasteiger partial charge on any atom is -0.759 e. The fourth-order valence-corrected chi connectivity index (χ4v) is 0. The molecule has 10 nitrogen and oxygen atoms in total. The summed E-state index contributed by atoms with van der Waals surface area (Å²) in [5.41, 5.74) is 0. The molecule has 80 valence electrons. The quantitative estimate of drug-likeness (QED) is 0.285. The van der Waals surface area contributed by atoms with Crippen molar-refractivity contribution in [2.75, 3.05) is 0 Å². The van der Waals surface area contributed by atoms with Crippen LogP contribution in [0, 0.1) is 0 Å². The molecule has 0 bridgehead atoms. The number of hydrogen-bond donors (Lipinski definition) is 2. The first-order chi connectivity index (χ1) is 4.00. The van der Waals surface area contributed by atoms with Crippen molar-refractivity contribution in [2.45, 2.75) is 0 Å². The van der Waals surface area contributed by atoms with Gasteiger partial charge in [0.2, 0.25) is 0 Å². The van der Waals surface area contributed by atoms with Crippen LogP contribution in [-0.4, -0.2) is 35.0 Å². The summed E-state index contributed by atoms with van der Waals surface area (Å²) in [4.78, 5) is 0. The van der Waals surface area contributed by atoms with Gasteiger partial charge in [-0.05, 0) is 0 Å². The van der Waals surface area contributed by atoms with E-state index < -0.39 is 20.8 Å². The largest absolute Gasteiger partial charge is 2.00 e. The molecule has 0 aliphatic carbocycles. The first-order valence-electron chi connectivity index (χ1n) is 1.33. The van der Waals surface area contributed by atoms with E-state index in [0.717, 1.165) is 0 Å². The summed E-state index contributed by atoms with van der Waals surface area (Å²) in [6, 6.07) is 0. The summed E-state index contributed by atoms with van der Waals surface area (Å²) in [5, 5.41) is 0. The van der Waals surface area contributed by atoms with Gasteiger partial charge in [-0.3, -0.25) is 16.8 Å². The zero-order valence-corrected chi connectivity index (χ0v) is 12.5. The Morgan fingerprint density at radius 3 is 0.615 bits per heavy atom. The molecule has 0 amide bonds. The third-order valence-electron chi connectivity index (χ3n) is 0. The zero-order chi connectivity index (χ0) is 9.00. The molecule has 13 heteroatoms. The molecule has 0 saturated heterocycles. The molecule has 0 aromatic rings. The van der Waals surface area contributed by atoms with E-state index in [1.807, 2.05) is 0 Å². The van der Waals surface area contributed by atoms with Gasteiger partial charge in [0.25, 0.3) is 0 Å². The van der Waals surface area contributed by atoms with Gasteiger partial charge in [0.15, 0.2) is 0 Å². The van der Waals surface area contributed by atoms with Crippen molar-refractivity contribution in [3.8, 4) is 0 Å². The van der Waals surface area contributed by atoms with Gasteiger partial charge in [-0.1, -0.05) is 0 Å². The van der Waals surface area contributed by atoms with Gasteiger partial charge in [-0.15, -0.1) is 0 Å². The average Bonchev–Trinajstić information content (AvgIpc) is 1.12. The topological polar surface area (TPSA) is 234 Å². The van der Waals surface area contributed by atoms with Crippen molar-refractivity contribution < 1.29 is 62.3 Å². The Balaban J connectivity index is -0.0000000267. The van der Waals surface area contributed by atoms with Crippen LogP contribution in [0.2, 0.25) is 0 Å². The minimum absolute atomic E-state index is 0. The van der Waals surface area contributed by atoms with Crippen LogP contribution in [0.5, 0.6) is 0 Å². The number of rotatable bonds is 0. The van der Waals surface area contributed by atoms with Gasteiger partial charge in [0, 0.05) is 20.8 Å². The maximum atomic E-state index is 8.52. The molecule has 0 aliphatic rings. The Morgan fingerprint density at radius 1 is 0.615 bits per heavy atom. The first kappa shape index (κ1) is 29.2. The van der Waals surface area contributed by atoms with Gasteiger partial charge < -0.3 is 30.5 Å². The molecule has 13 heavy (non-hydrogen) atoms. The van der Waals surface area contributed by atoms with E-state index in [4.69, 9.17) is 35.0 Å². The fraction of sp³-hybridized carbons (Fsp3) is 0. The van der Waals surface area contributed by atoms with E-state index in [1.54, 1.807) is 0 Å². The molecular formula is H8CdN2O8S2. The molecule has 0 fully saturated rings. The Labute approximate surface area is 95.2 Å². The Bertz CT molecular complexity index is 217. The summed E-state index contributed by atoms with van der Waals surface area (Å²) in [7, 11) is -10.3. The Kier molecular flexibility index (Phi) is 23.9. The minimum atomic E-state index is -5.17. The SMILES string of the molecule is O=S(=O)([O-])[O-].O=S(=O)([O-])[O-].[Cd+2].[NH4+].[NH4+]. The van der Waals surface area contributed by atoms with E-state index >= 15 is 0 Å². The molecule has 8 N–H and O–H groups in total. The van der Waals surface area contributed by atoms with Crippen molar-refractivity contribution in [3.05, 3.63) is 0 Å². The third kappa shape index (κ3) is 4160. The van der Waals surface area contributed by atoms with E-state index in [1.165, 1.54) is 0 Å². The smallest absolute Gasteiger partial charge is 0.759 e. The van der Waals surface area contributed by atoms with Crippen LogP contribution in [0.1, 0.15) is 0 Å². The number of quaternary nitrogens is 2. The summed E-state index contributed by atoms with van der Waals surface area (Å²) < 4.78 is 68.2. The second-order valence-electron chi connectivity index (χ2n) is 0.816. The van der Waals surface area contributed by atoms with Crippen LogP contribution in [0.3, 0.4) is 0 Å². The fourth-order valence-electron chi connectivity index (χ4n) is 0. The van der Waals surface area contributed by atoms with Gasteiger partial charge in [-0.25, -0.2) is 0 Å². The van der Waals surface area contributed by atoms with Crippen LogP contribution in [0.25, 0.3) is 0 Å². The molecular weight excluding hydrogens is 333 g/mol. The normalized spacial score (nSPS) is 8.92. The van der Waals surface area contributed by atoms with Crippen LogP contribution in [-0.2, 0) is 48.1 Å². The monoisotopic (exact) mass is 342 g/mol. The molecule has 0 radical (unpaired) electrons. The van der Waals surface area contributed by atoms with E-state index in [-0.39, 0.29) is 39.6 Å². The maximum Gasteiger partial charge on any atom is 2.00 e. The summed E-state index contributed by atoms with van der Waals surface area (Å²) in [6.45, 7) is 0. The molecule has 0 aromatic carbocycles. The van der Waals surface area contributed by atoms with Crippen LogP contribution in [0.15, 0.2) is 0 Å². The second-order valence-corrected chi connectivity index (χ2v) is 2.45. The Hall–Kier alpha value is 0.582. The molecule has 0 aliphatic heterocycles. The standard InChI is InChI=1S/Cd.2H3N.2H2O4S/c;;;2*1-5(2,3)4/h;2*1H3;2*(H2,1,2,3,4)/q+2;;;;/p-2. The van der Waals surface area contributed by atoms with Crippen LogP contribution < -0.4 is 12.3 Å². The zero-order valence-electron chi connectivity index (χ0n) is 6.79. The first-order valence-corrected chi connectivity index (χ1v) is 4.00.